The van der Waals surface area contributed by atoms with Crippen LogP contribution in [0, 0.1) is 0 Å². The second kappa shape index (κ2) is 9.61. The molecule has 0 N–H and O–H groups in total. The first-order valence-corrected chi connectivity index (χ1v) is 10.1. The highest BCUT2D eigenvalue weighted by Crippen LogP contribution is 2.19. The molecule has 0 radical (unpaired) electrons. The monoisotopic (exact) mass is 416 g/mol. The van der Waals surface area contributed by atoms with Gasteiger partial charge in [0, 0.05) is 25.7 Å². The molecule has 8 heteroatoms. The molecule has 3 aromatic rings. The van der Waals surface area contributed by atoms with Crippen LogP contribution < -0.4 is 4.74 Å². The van der Waals surface area contributed by atoms with Gasteiger partial charge in [-0.1, -0.05) is 53.7 Å². The van der Waals surface area contributed by atoms with Crippen LogP contribution in [0.4, 0.5) is 0 Å². The van der Waals surface area contributed by atoms with Gasteiger partial charge in [-0.2, -0.15) is 0 Å². The average Bonchev–Trinajstić information content (AvgIpc) is 3.06. The van der Waals surface area contributed by atoms with Gasteiger partial charge in [-0.15, -0.1) is 10.2 Å². The van der Waals surface area contributed by atoms with Crippen molar-refractivity contribution in [2.75, 3.05) is 12.8 Å². The summed E-state index contributed by atoms with van der Waals surface area (Å²) in [5.74, 6) is 1.73. The van der Waals surface area contributed by atoms with Crippen molar-refractivity contribution < 1.29 is 9.53 Å². The predicted octanol–water partition coefficient (Wildman–Crippen LogP) is 3.80. The number of hydrogen-bond acceptors (Lipinski definition) is 5. The maximum absolute atomic E-state index is 12.4. The van der Waals surface area contributed by atoms with Crippen LogP contribution in [0.1, 0.15) is 11.4 Å². The Kier molecular flexibility index (Phi) is 6.95. The number of benzene rings is 2. The van der Waals surface area contributed by atoms with Crippen LogP contribution in [-0.4, -0.2) is 38.4 Å². The maximum Gasteiger partial charge on any atom is 0.233 e. The third kappa shape index (κ3) is 5.50. The smallest absolute Gasteiger partial charge is 0.233 e. The van der Waals surface area contributed by atoms with Gasteiger partial charge in [-0.05, 0) is 29.8 Å². The van der Waals surface area contributed by atoms with Crippen LogP contribution in [0.2, 0.25) is 5.02 Å². The van der Waals surface area contributed by atoms with Crippen molar-refractivity contribution in [1.82, 2.24) is 19.7 Å². The molecule has 0 unspecified atom stereocenters. The van der Waals surface area contributed by atoms with Crippen LogP contribution >= 0.6 is 23.4 Å². The topological polar surface area (TPSA) is 60.3 Å². The van der Waals surface area contributed by atoms with Crippen molar-refractivity contribution in [2.45, 2.75) is 18.3 Å². The van der Waals surface area contributed by atoms with E-state index < -0.39 is 0 Å². The Balaban J connectivity index is 1.50. The Hall–Kier alpha value is -2.51. The summed E-state index contributed by atoms with van der Waals surface area (Å²) in [6, 6.07) is 17.1. The zero-order valence-corrected chi connectivity index (χ0v) is 17.3. The fraction of sp³-hybridized carbons (Fsp3) is 0.250. The van der Waals surface area contributed by atoms with Crippen LogP contribution in [-0.2, 0) is 25.0 Å². The van der Waals surface area contributed by atoms with Gasteiger partial charge in [0.1, 0.15) is 12.4 Å². The molecule has 0 bridgehead atoms. The van der Waals surface area contributed by atoms with Crippen LogP contribution in [0.15, 0.2) is 59.8 Å². The van der Waals surface area contributed by atoms with E-state index in [1.165, 1.54) is 11.8 Å². The molecule has 0 aliphatic rings. The van der Waals surface area contributed by atoms with E-state index in [0.717, 1.165) is 5.56 Å². The minimum atomic E-state index is 0.0378. The van der Waals surface area contributed by atoms with Crippen molar-refractivity contribution in [3.05, 3.63) is 71.0 Å². The predicted molar refractivity (Wildman–Crippen MR) is 110 cm³/mol. The second-order valence-electron chi connectivity index (χ2n) is 6.22. The van der Waals surface area contributed by atoms with Gasteiger partial charge in [0.25, 0.3) is 0 Å². The number of carbonyl (C=O) groups is 1. The molecule has 3 rings (SSSR count). The molecule has 0 saturated carbocycles. The zero-order valence-electron chi connectivity index (χ0n) is 15.7. The molecule has 0 fully saturated rings. The van der Waals surface area contributed by atoms with E-state index in [9.17, 15) is 4.79 Å². The summed E-state index contributed by atoms with van der Waals surface area (Å²) < 4.78 is 7.54. The molecule has 0 spiro atoms. The Morgan fingerprint density at radius 1 is 1.14 bits per heavy atom. The normalized spacial score (nSPS) is 10.7. The number of hydrogen-bond donors (Lipinski definition) is 0. The van der Waals surface area contributed by atoms with Gasteiger partial charge in [-0.3, -0.25) is 4.79 Å². The summed E-state index contributed by atoms with van der Waals surface area (Å²) in [6.07, 6.45) is 0. The van der Waals surface area contributed by atoms with Crippen LogP contribution in [0.3, 0.4) is 0 Å². The molecule has 0 aliphatic heterocycles. The maximum atomic E-state index is 12.4. The molecular formula is C20H21ClN4O2S. The molecule has 0 atom stereocenters. The van der Waals surface area contributed by atoms with Gasteiger partial charge >= 0.3 is 0 Å². The van der Waals surface area contributed by atoms with Crippen LogP contribution in [0.25, 0.3) is 0 Å². The lowest BCUT2D eigenvalue weighted by Crippen LogP contribution is -2.27. The molecule has 6 nitrogen and oxygen atoms in total. The van der Waals surface area contributed by atoms with Crippen molar-refractivity contribution >= 4 is 29.3 Å². The van der Waals surface area contributed by atoms with E-state index in [-0.39, 0.29) is 12.5 Å². The highest BCUT2D eigenvalue weighted by Gasteiger charge is 2.14. The highest BCUT2D eigenvalue weighted by molar-refractivity contribution is 7.99. The largest absolute Gasteiger partial charge is 0.486 e. The average molecular weight is 417 g/mol. The number of aromatic nitrogens is 3. The van der Waals surface area contributed by atoms with E-state index in [1.54, 1.807) is 36.2 Å². The second-order valence-corrected chi connectivity index (χ2v) is 7.60. The fourth-order valence-electron chi connectivity index (χ4n) is 2.46. The van der Waals surface area contributed by atoms with E-state index >= 15 is 0 Å². The van der Waals surface area contributed by atoms with E-state index in [2.05, 4.69) is 10.2 Å². The first-order valence-electron chi connectivity index (χ1n) is 8.70. The van der Waals surface area contributed by atoms with Crippen molar-refractivity contribution in [3.8, 4) is 5.75 Å². The van der Waals surface area contributed by atoms with Gasteiger partial charge in [0.15, 0.2) is 11.0 Å². The lowest BCUT2D eigenvalue weighted by atomic mass is 10.2. The van der Waals surface area contributed by atoms with Crippen molar-refractivity contribution in [2.24, 2.45) is 7.05 Å². The molecule has 1 heterocycles. The number of halogens is 1. The Labute approximate surface area is 173 Å². The van der Waals surface area contributed by atoms with Gasteiger partial charge in [-0.25, -0.2) is 0 Å². The lowest BCUT2D eigenvalue weighted by molar-refractivity contribution is -0.127. The quantitative estimate of drug-likeness (QED) is 0.523. The summed E-state index contributed by atoms with van der Waals surface area (Å²) in [6.45, 7) is 0.868. The summed E-state index contributed by atoms with van der Waals surface area (Å²) in [5.41, 5.74) is 1.10. The third-order valence-electron chi connectivity index (χ3n) is 4.12. The summed E-state index contributed by atoms with van der Waals surface area (Å²) >= 11 is 7.23. The fourth-order valence-corrected chi connectivity index (χ4v) is 3.45. The standard InChI is InChI=1S/C20H21ClN4O2S/c1-24(12-15-6-4-3-5-7-15)19(26)14-28-20-23-22-18(25(20)2)13-27-17-10-8-16(21)9-11-17/h3-11H,12-14H2,1-2H3. The number of ether oxygens (including phenoxy) is 1. The first kappa shape index (κ1) is 20.2. The molecule has 0 saturated heterocycles. The minimum absolute atomic E-state index is 0.0378. The molecule has 1 amide bonds. The molecule has 2 aromatic carbocycles. The van der Waals surface area contributed by atoms with Gasteiger partial charge < -0.3 is 14.2 Å². The molecule has 28 heavy (non-hydrogen) atoms. The number of carbonyl (C=O) groups excluding carboxylic acids is 1. The van der Waals surface area contributed by atoms with Gasteiger partial charge in [0.05, 0.1) is 5.75 Å². The summed E-state index contributed by atoms with van der Waals surface area (Å²) in [4.78, 5) is 14.1. The Morgan fingerprint density at radius 3 is 2.57 bits per heavy atom. The van der Waals surface area contributed by atoms with Crippen molar-refractivity contribution in [3.63, 3.8) is 0 Å². The lowest BCUT2D eigenvalue weighted by Gasteiger charge is -2.16. The third-order valence-corrected chi connectivity index (χ3v) is 5.38. The van der Waals surface area contributed by atoms with Crippen LogP contribution in [0.5, 0.6) is 5.75 Å². The SMILES string of the molecule is CN(Cc1ccccc1)C(=O)CSc1nnc(COc2ccc(Cl)cc2)n1C. The number of rotatable bonds is 8. The summed E-state index contributed by atoms with van der Waals surface area (Å²) in [7, 11) is 3.67. The number of thioether (sulfide) groups is 1. The molecular weight excluding hydrogens is 396 g/mol. The first-order chi connectivity index (χ1) is 13.5. The highest BCUT2D eigenvalue weighted by atomic mass is 35.5. The molecule has 0 aliphatic carbocycles. The van der Waals surface area contributed by atoms with E-state index in [1.807, 2.05) is 41.9 Å². The number of nitrogens with zero attached hydrogens (tertiary/aromatic N) is 4. The molecule has 146 valence electrons. The zero-order chi connectivity index (χ0) is 19.9. The van der Waals surface area contributed by atoms with Crippen molar-refractivity contribution in [1.29, 1.82) is 0 Å². The Bertz CT molecular complexity index is 916. The summed E-state index contributed by atoms with van der Waals surface area (Å²) in [5, 5.41) is 9.65. The van der Waals surface area contributed by atoms with Gasteiger partial charge in [0.2, 0.25) is 5.91 Å². The number of amides is 1. The molecule has 1 aromatic heterocycles. The minimum Gasteiger partial charge on any atom is -0.486 e. The Morgan fingerprint density at radius 2 is 1.86 bits per heavy atom. The van der Waals surface area contributed by atoms with E-state index in [0.29, 0.717) is 34.1 Å². The van der Waals surface area contributed by atoms with E-state index in [4.69, 9.17) is 16.3 Å².